The van der Waals surface area contributed by atoms with E-state index in [0.29, 0.717) is 6.42 Å². The fraction of sp³-hybridized carbons (Fsp3) is 0.500. The van der Waals surface area contributed by atoms with Crippen LogP contribution in [0.2, 0.25) is 0 Å². The van der Waals surface area contributed by atoms with Gasteiger partial charge in [0.25, 0.3) is 0 Å². The molecule has 1 saturated heterocycles. The molecule has 0 aromatic heterocycles. The fourth-order valence-electron chi connectivity index (χ4n) is 2.65. The van der Waals surface area contributed by atoms with Crippen LogP contribution >= 0.6 is 11.6 Å². The quantitative estimate of drug-likeness (QED) is 0.802. The molecule has 1 fully saturated rings. The summed E-state index contributed by atoms with van der Waals surface area (Å²) in [7, 11) is -3.05. The van der Waals surface area contributed by atoms with Crippen LogP contribution in [0.15, 0.2) is 18.2 Å². The van der Waals surface area contributed by atoms with Crippen LogP contribution in [0, 0.1) is 13.8 Å². The van der Waals surface area contributed by atoms with Gasteiger partial charge < -0.3 is 4.90 Å². The second kappa shape index (κ2) is 5.74. The third kappa shape index (κ3) is 3.15. The van der Waals surface area contributed by atoms with E-state index in [-0.39, 0.29) is 29.3 Å². The second-order valence-corrected chi connectivity index (χ2v) is 7.74. The van der Waals surface area contributed by atoms with Gasteiger partial charge in [-0.05, 0) is 31.9 Å². The molecule has 1 heterocycles. The van der Waals surface area contributed by atoms with Crippen molar-refractivity contribution in [1.82, 2.24) is 0 Å². The predicted molar refractivity (Wildman–Crippen MR) is 81.2 cm³/mol. The van der Waals surface area contributed by atoms with Crippen LogP contribution in [0.3, 0.4) is 0 Å². The number of alkyl halides is 1. The van der Waals surface area contributed by atoms with E-state index in [0.717, 1.165) is 16.8 Å². The summed E-state index contributed by atoms with van der Waals surface area (Å²) >= 11 is 5.69. The van der Waals surface area contributed by atoms with Gasteiger partial charge in [-0.2, -0.15) is 0 Å². The van der Waals surface area contributed by atoms with E-state index in [1.165, 1.54) is 0 Å². The molecule has 1 aromatic carbocycles. The number of rotatable bonds is 3. The van der Waals surface area contributed by atoms with Crippen molar-refractivity contribution in [2.45, 2.75) is 26.3 Å². The normalized spacial score (nSPS) is 20.9. The van der Waals surface area contributed by atoms with Gasteiger partial charge in [-0.25, -0.2) is 8.42 Å². The molecule has 0 radical (unpaired) electrons. The lowest BCUT2D eigenvalue weighted by atomic mass is 10.1. The Morgan fingerprint density at radius 2 is 2.10 bits per heavy atom. The molecule has 0 aliphatic carbocycles. The molecule has 1 aliphatic heterocycles. The molecule has 4 nitrogen and oxygen atoms in total. The number of carbonyl (C=O) groups is 1. The Morgan fingerprint density at radius 3 is 2.60 bits per heavy atom. The zero-order valence-corrected chi connectivity index (χ0v) is 13.2. The lowest BCUT2D eigenvalue weighted by Crippen LogP contribution is -2.42. The molecule has 1 aromatic rings. The largest absolute Gasteiger partial charge is 0.307 e. The van der Waals surface area contributed by atoms with Crippen LogP contribution in [0.4, 0.5) is 5.69 Å². The third-order valence-electron chi connectivity index (χ3n) is 3.57. The van der Waals surface area contributed by atoms with Gasteiger partial charge in [0.05, 0.1) is 17.5 Å². The number of halogens is 1. The maximum absolute atomic E-state index is 12.1. The van der Waals surface area contributed by atoms with Gasteiger partial charge >= 0.3 is 0 Å². The van der Waals surface area contributed by atoms with Crippen molar-refractivity contribution in [3.8, 4) is 0 Å². The van der Waals surface area contributed by atoms with Gasteiger partial charge in [0.2, 0.25) is 5.91 Å². The number of anilines is 1. The topological polar surface area (TPSA) is 54.5 Å². The first-order chi connectivity index (χ1) is 9.34. The van der Waals surface area contributed by atoms with E-state index in [1.807, 2.05) is 32.0 Å². The molecule has 6 heteroatoms. The molecule has 0 bridgehead atoms. The Hall–Kier alpha value is -1.07. The summed E-state index contributed by atoms with van der Waals surface area (Å²) in [5.41, 5.74) is 2.81. The molecular formula is C14H18ClNO3S. The van der Waals surface area contributed by atoms with Crippen molar-refractivity contribution in [2.24, 2.45) is 0 Å². The number of benzene rings is 1. The van der Waals surface area contributed by atoms with Gasteiger partial charge in [-0.15, -0.1) is 11.6 Å². The van der Waals surface area contributed by atoms with Crippen LogP contribution in [0.1, 0.15) is 17.5 Å². The molecule has 0 unspecified atom stereocenters. The average Bonchev–Trinajstić information content (AvgIpc) is 2.72. The van der Waals surface area contributed by atoms with E-state index in [9.17, 15) is 13.2 Å². The number of carbonyl (C=O) groups excluding carboxylic acids is 1. The van der Waals surface area contributed by atoms with Crippen LogP contribution in [-0.2, 0) is 14.6 Å². The lowest BCUT2D eigenvalue weighted by Gasteiger charge is -2.29. The summed E-state index contributed by atoms with van der Waals surface area (Å²) in [6.45, 7) is 3.89. The van der Waals surface area contributed by atoms with Gasteiger partial charge in [-0.3, -0.25) is 4.79 Å². The Morgan fingerprint density at radius 1 is 1.40 bits per heavy atom. The van der Waals surface area contributed by atoms with Crippen molar-refractivity contribution in [1.29, 1.82) is 0 Å². The summed E-state index contributed by atoms with van der Waals surface area (Å²) in [4.78, 5) is 13.7. The van der Waals surface area contributed by atoms with E-state index >= 15 is 0 Å². The van der Waals surface area contributed by atoms with Crippen molar-refractivity contribution in [3.05, 3.63) is 29.3 Å². The minimum atomic E-state index is -3.05. The van der Waals surface area contributed by atoms with Crippen LogP contribution in [-0.4, -0.2) is 37.8 Å². The Balaban J connectivity index is 2.40. The summed E-state index contributed by atoms with van der Waals surface area (Å²) < 4.78 is 23.3. The van der Waals surface area contributed by atoms with Crippen molar-refractivity contribution in [3.63, 3.8) is 0 Å². The number of hydrogen-bond donors (Lipinski definition) is 0. The van der Waals surface area contributed by atoms with E-state index in [1.54, 1.807) is 4.90 Å². The molecule has 0 spiro atoms. The number of sulfone groups is 1. The maximum atomic E-state index is 12.1. The molecule has 110 valence electrons. The zero-order valence-electron chi connectivity index (χ0n) is 11.6. The maximum Gasteiger partial charge on any atom is 0.242 e. The first-order valence-electron chi connectivity index (χ1n) is 6.50. The molecule has 1 atom stereocenters. The monoisotopic (exact) mass is 315 g/mol. The highest BCUT2D eigenvalue weighted by molar-refractivity contribution is 7.91. The SMILES string of the molecule is Cc1ccc(N(C(=O)CCl)[C@H]2CCS(=O)(=O)C2)c(C)c1. The average molecular weight is 316 g/mol. The minimum Gasteiger partial charge on any atom is -0.307 e. The number of hydrogen-bond acceptors (Lipinski definition) is 3. The molecule has 20 heavy (non-hydrogen) atoms. The van der Waals surface area contributed by atoms with E-state index in [4.69, 9.17) is 11.6 Å². The second-order valence-electron chi connectivity index (χ2n) is 5.24. The predicted octanol–water partition coefficient (Wildman–Crippen LogP) is 2.06. The summed E-state index contributed by atoms with van der Waals surface area (Å²) in [5.74, 6) is -0.248. The van der Waals surface area contributed by atoms with Gasteiger partial charge in [0.1, 0.15) is 5.88 Å². The first-order valence-corrected chi connectivity index (χ1v) is 8.85. The smallest absolute Gasteiger partial charge is 0.242 e. The fourth-order valence-corrected chi connectivity index (χ4v) is 4.48. The number of aryl methyl sites for hydroxylation is 2. The Bertz CT molecular complexity index is 627. The standard InChI is InChI=1S/C14H18ClNO3S/c1-10-3-4-13(11(2)7-10)16(14(17)8-15)12-5-6-20(18,19)9-12/h3-4,7,12H,5-6,8-9H2,1-2H3/t12-/m0/s1. The highest BCUT2D eigenvalue weighted by Crippen LogP contribution is 2.28. The summed E-state index contributed by atoms with van der Waals surface area (Å²) in [5, 5.41) is 0. The molecule has 0 saturated carbocycles. The summed E-state index contributed by atoms with van der Waals surface area (Å²) in [6.07, 6.45) is 0.471. The van der Waals surface area contributed by atoms with Crippen molar-refractivity contribution < 1.29 is 13.2 Å². The van der Waals surface area contributed by atoms with E-state index < -0.39 is 9.84 Å². The summed E-state index contributed by atoms with van der Waals surface area (Å²) in [6, 6.07) is 5.45. The third-order valence-corrected chi connectivity index (χ3v) is 5.55. The number of nitrogens with zero attached hydrogens (tertiary/aromatic N) is 1. The van der Waals surface area contributed by atoms with Gasteiger partial charge in [0.15, 0.2) is 9.84 Å². The highest BCUT2D eigenvalue weighted by atomic mass is 35.5. The lowest BCUT2D eigenvalue weighted by molar-refractivity contribution is -0.116. The molecule has 1 amide bonds. The zero-order chi connectivity index (χ0) is 14.9. The number of amides is 1. The van der Waals surface area contributed by atoms with Crippen molar-refractivity contribution in [2.75, 3.05) is 22.3 Å². The first kappa shape index (κ1) is 15.3. The Labute approximate surface area is 124 Å². The molecule has 0 N–H and O–H groups in total. The van der Waals surface area contributed by atoms with E-state index in [2.05, 4.69) is 0 Å². The van der Waals surface area contributed by atoms with Gasteiger partial charge in [0, 0.05) is 5.69 Å². The van der Waals surface area contributed by atoms with Crippen LogP contribution in [0.25, 0.3) is 0 Å². The highest BCUT2D eigenvalue weighted by Gasteiger charge is 2.35. The molecular weight excluding hydrogens is 298 g/mol. The minimum absolute atomic E-state index is 0.0168. The molecule has 2 rings (SSSR count). The van der Waals surface area contributed by atoms with Crippen LogP contribution in [0.5, 0.6) is 0 Å². The van der Waals surface area contributed by atoms with Crippen LogP contribution < -0.4 is 4.90 Å². The molecule has 1 aliphatic rings. The van der Waals surface area contributed by atoms with Crippen molar-refractivity contribution >= 4 is 33.0 Å². The van der Waals surface area contributed by atoms with Gasteiger partial charge in [-0.1, -0.05) is 17.7 Å². The Kier molecular flexibility index (Phi) is 4.39.